The van der Waals surface area contributed by atoms with Gasteiger partial charge in [-0.1, -0.05) is 6.07 Å². The maximum atomic E-state index is 13.7. The van der Waals surface area contributed by atoms with Crippen LogP contribution in [0.4, 0.5) is 4.39 Å². The third-order valence-corrected chi connectivity index (χ3v) is 3.74. The summed E-state index contributed by atoms with van der Waals surface area (Å²) >= 11 is 0. The molecular formula is C15H23FN2O. The highest BCUT2D eigenvalue weighted by atomic mass is 19.1. The lowest BCUT2D eigenvalue weighted by Crippen LogP contribution is -2.32. The van der Waals surface area contributed by atoms with E-state index in [0.29, 0.717) is 11.8 Å². The molecule has 2 unspecified atom stereocenters. The average molecular weight is 266 g/mol. The summed E-state index contributed by atoms with van der Waals surface area (Å²) in [6, 6.07) is 5.84. The SMILES string of the molecule is COc1ccc(C(C)NC2CCCNCC2)cc1F. The molecule has 1 heterocycles. The molecule has 0 bridgehead atoms. The molecule has 1 saturated heterocycles. The number of ether oxygens (including phenoxy) is 1. The monoisotopic (exact) mass is 266 g/mol. The number of methoxy groups -OCH3 is 1. The van der Waals surface area contributed by atoms with Gasteiger partial charge in [0, 0.05) is 12.1 Å². The summed E-state index contributed by atoms with van der Waals surface area (Å²) in [6.45, 7) is 4.24. The fraction of sp³-hybridized carbons (Fsp3) is 0.600. The number of nitrogens with one attached hydrogen (secondary N) is 2. The van der Waals surface area contributed by atoms with Crippen molar-refractivity contribution in [2.75, 3.05) is 20.2 Å². The molecule has 0 aromatic heterocycles. The Morgan fingerprint density at radius 2 is 2.21 bits per heavy atom. The lowest BCUT2D eigenvalue weighted by Gasteiger charge is -2.22. The summed E-state index contributed by atoms with van der Waals surface area (Å²) in [6.07, 6.45) is 3.50. The Labute approximate surface area is 114 Å². The molecule has 3 nitrogen and oxygen atoms in total. The molecule has 0 amide bonds. The fourth-order valence-corrected chi connectivity index (χ4v) is 2.59. The van der Waals surface area contributed by atoms with E-state index >= 15 is 0 Å². The van der Waals surface area contributed by atoms with Crippen molar-refractivity contribution < 1.29 is 9.13 Å². The van der Waals surface area contributed by atoms with E-state index in [0.717, 1.165) is 25.1 Å². The summed E-state index contributed by atoms with van der Waals surface area (Å²) in [5.41, 5.74) is 0.968. The van der Waals surface area contributed by atoms with E-state index in [9.17, 15) is 4.39 Å². The van der Waals surface area contributed by atoms with E-state index in [1.807, 2.05) is 6.07 Å². The molecule has 1 aliphatic heterocycles. The molecular weight excluding hydrogens is 243 g/mol. The van der Waals surface area contributed by atoms with Gasteiger partial charge in [-0.05, 0) is 57.0 Å². The Balaban J connectivity index is 1.98. The molecule has 2 N–H and O–H groups in total. The third-order valence-electron chi connectivity index (χ3n) is 3.74. The van der Waals surface area contributed by atoms with Gasteiger partial charge >= 0.3 is 0 Å². The largest absolute Gasteiger partial charge is 0.494 e. The highest BCUT2D eigenvalue weighted by molar-refractivity contribution is 5.30. The van der Waals surface area contributed by atoms with Gasteiger partial charge in [-0.2, -0.15) is 0 Å². The first-order chi connectivity index (χ1) is 9.20. The highest BCUT2D eigenvalue weighted by Crippen LogP contribution is 2.22. The van der Waals surface area contributed by atoms with Crippen LogP contribution in [0.2, 0.25) is 0 Å². The van der Waals surface area contributed by atoms with Crippen LogP contribution in [0.1, 0.15) is 37.8 Å². The highest BCUT2D eigenvalue weighted by Gasteiger charge is 2.16. The predicted octanol–water partition coefficient (Wildman–Crippen LogP) is 2.63. The van der Waals surface area contributed by atoms with Crippen molar-refractivity contribution in [1.82, 2.24) is 10.6 Å². The van der Waals surface area contributed by atoms with Gasteiger partial charge in [0.2, 0.25) is 0 Å². The molecule has 106 valence electrons. The molecule has 1 fully saturated rings. The van der Waals surface area contributed by atoms with Gasteiger partial charge < -0.3 is 15.4 Å². The molecule has 1 aromatic carbocycles. The Morgan fingerprint density at radius 3 is 2.95 bits per heavy atom. The maximum Gasteiger partial charge on any atom is 0.165 e. The zero-order chi connectivity index (χ0) is 13.7. The first-order valence-corrected chi connectivity index (χ1v) is 7.01. The van der Waals surface area contributed by atoms with Gasteiger partial charge in [0.25, 0.3) is 0 Å². The lowest BCUT2D eigenvalue weighted by atomic mass is 10.0. The van der Waals surface area contributed by atoms with Crippen molar-refractivity contribution in [3.63, 3.8) is 0 Å². The van der Waals surface area contributed by atoms with Crippen LogP contribution in [0.15, 0.2) is 18.2 Å². The van der Waals surface area contributed by atoms with Crippen molar-refractivity contribution in [2.24, 2.45) is 0 Å². The maximum absolute atomic E-state index is 13.7. The molecule has 0 spiro atoms. The standard InChI is InChI=1S/C15H23FN2O/c1-11(18-13-4-3-8-17-9-7-13)12-5-6-15(19-2)14(16)10-12/h5-6,10-11,13,17-18H,3-4,7-9H2,1-2H3. The zero-order valence-corrected chi connectivity index (χ0v) is 11.7. The number of benzene rings is 1. The number of hydrogen-bond acceptors (Lipinski definition) is 3. The second-order valence-electron chi connectivity index (χ2n) is 5.16. The van der Waals surface area contributed by atoms with Crippen molar-refractivity contribution in [2.45, 2.75) is 38.3 Å². The number of hydrogen-bond donors (Lipinski definition) is 2. The fourth-order valence-electron chi connectivity index (χ4n) is 2.59. The number of rotatable bonds is 4. The van der Waals surface area contributed by atoms with Crippen LogP contribution in [0, 0.1) is 5.82 Å². The van der Waals surface area contributed by atoms with Gasteiger partial charge in [0.15, 0.2) is 11.6 Å². The molecule has 1 aliphatic rings. The molecule has 2 rings (SSSR count). The van der Waals surface area contributed by atoms with E-state index in [2.05, 4.69) is 17.6 Å². The Morgan fingerprint density at radius 1 is 1.37 bits per heavy atom. The molecule has 4 heteroatoms. The van der Waals surface area contributed by atoms with E-state index in [1.54, 1.807) is 12.1 Å². The van der Waals surface area contributed by atoms with Crippen LogP contribution < -0.4 is 15.4 Å². The van der Waals surface area contributed by atoms with Crippen molar-refractivity contribution in [3.8, 4) is 5.75 Å². The minimum absolute atomic E-state index is 0.156. The second kappa shape index (κ2) is 6.87. The van der Waals surface area contributed by atoms with Crippen molar-refractivity contribution in [3.05, 3.63) is 29.6 Å². The normalized spacial score (nSPS) is 21.7. The minimum Gasteiger partial charge on any atom is -0.494 e. The first kappa shape index (κ1) is 14.3. The smallest absolute Gasteiger partial charge is 0.165 e. The zero-order valence-electron chi connectivity index (χ0n) is 11.7. The Bertz CT molecular complexity index is 403. The van der Waals surface area contributed by atoms with Crippen molar-refractivity contribution in [1.29, 1.82) is 0 Å². The summed E-state index contributed by atoms with van der Waals surface area (Å²) in [7, 11) is 1.48. The molecule has 2 atom stereocenters. The molecule has 1 aromatic rings. The predicted molar refractivity (Wildman–Crippen MR) is 75.0 cm³/mol. The van der Waals surface area contributed by atoms with Crippen LogP contribution in [-0.4, -0.2) is 26.2 Å². The summed E-state index contributed by atoms with van der Waals surface area (Å²) in [4.78, 5) is 0. The topological polar surface area (TPSA) is 33.3 Å². The Hall–Kier alpha value is -1.13. The van der Waals surface area contributed by atoms with Gasteiger partial charge in [0.1, 0.15) is 0 Å². The molecule has 0 aliphatic carbocycles. The molecule has 19 heavy (non-hydrogen) atoms. The van der Waals surface area contributed by atoms with E-state index in [4.69, 9.17) is 4.74 Å². The molecule has 0 radical (unpaired) electrons. The van der Waals surface area contributed by atoms with Gasteiger partial charge in [-0.3, -0.25) is 0 Å². The van der Waals surface area contributed by atoms with Gasteiger partial charge in [0.05, 0.1) is 7.11 Å². The average Bonchev–Trinajstić information content (AvgIpc) is 2.67. The van der Waals surface area contributed by atoms with Crippen LogP contribution >= 0.6 is 0 Å². The summed E-state index contributed by atoms with van der Waals surface area (Å²) in [5.74, 6) is 0.00537. The van der Waals surface area contributed by atoms with E-state index in [1.165, 1.54) is 20.0 Å². The van der Waals surface area contributed by atoms with Gasteiger partial charge in [-0.25, -0.2) is 4.39 Å². The van der Waals surface area contributed by atoms with Crippen molar-refractivity contribution >= 4 is 0 Å². The van der Waals surface area contributed by atoms with Crippen LogP contribution in [0.25, 0.3) is 0 Å². The minimum atomic E-state index is -0.295. The summed E-state index contributed by atoms with van der Waals surface area (Å²) in [5, 5.41) is 6.99. The Kier molecular flexibility index (Phi) is 5.16. The van der Waals surface area contributed by atoms with E-state index in [-0.39, 0.29) is 11.9 Å². The molecule has 0 saturated carbocycles. The first-order valence-electron chi connectivity index (χ1n) is 7.01. The van der Waals surface area contributed by atoms with Crippen LogP contribution in [0.5, 0.6) is 5.75 Å². The van der Waals surface area contributed by atoms with Crippen LogP contribution in [-0.2, 0) is 0 Å². The number of halogens is 1. The van der Waals surface area contributed by atoms with Gasteiger partial charge in [-0.15, -0.1) is 0 Å². The third kappa shape index (κ3) is 3.91. The van der Waals surface area contributed by atoms with E-state index < -0.39 is 0 Å². The second-order valence-corrected chi connectivity index (χ2v) is 5.16. The lowest BCUT2D eigenvalue weighted by molar-refractivity contribution is 0.384. The summed E-state index contributed by atoms with van der Waals surface area (Å²) < 4.78 is 18.6. The quantitative estimate of drug-likeness (QED) is 0.879. The van der Waals surface area contributed by atoms with Crippen LogP contribution in [0.3, 0.4) is 0 Å².